The standard InChI is InChI=1S/C21H25N3O3S/c1-15-6-8-16(9-7-15)10-12-22-18(25)5-3-2-4-13-24-20(26)19-17(11-14-28-19)23-21(24)27/h6-9,11,14H,2-5,10,12-13H2,1H3,(H,22,25)(H,23,27). The normalized spacial score (nSPS) is 11.0. The third-order valence-corrected chi connectivity index (χ3v) is 5.64. The molecule has 2 aromatic heterocycles. The summed E-state index contributed by atoms with van der Waals surface area (Å²) in [5, 5.41) is 4.74. The number of H-pyrrole nitrogens is 1. The van der Waals surface area contributed by atoms with Crippen LogP contribution in [-0.2, 0) is 17.8 Å². The number of amides is 1. The first kappa shape index (κ1) is 20.1. The minimum absolute atomic E-state index is 0.0436. The molecule has 3 aromatic rings. The van der Waals surface area contributed by atoms with Crippen molar-refractivity contribution in [2.45, 2.75) is 45.6 Å². The number of aromatic amines is 1. The Balaban J connectivity index is 1.35. The predicted octanol–water partition coefficient (Wildman–Crippen LogP) is 2.98. The highest BCUT2D eigenvalue weighted by atomic mass is 32.1. The summed E-state index contributed by atoms with van der Waals surface area (Å²) < 4.78 is 1.83. The summed E-state index contributed by atoms with van der Waals surface area (Å²) in [5.74, 6) is 0.0436. The van der Waals surface area contributed by atoms with Gasteiger partial charge in [-0.15, -0.1) is 11.3 Å². The van der Waals surface area contributed by atoms with Crippen LogP contribution in [0.15, 0.2) is 45.3 Å². The van der Waals surface area contributed by atoms with Gasteiger partial charge in [-0.05, 0) is 43.2 Å². The number of nitrogens with one attached hydrogen (secondary N) is 2. The highest BCUT2D eigenvalue weighted by Gasteiger charge is 2.08. The van der Waals surface area contributed by atoms with Crippen LogP contribution in [0.3, 0.4) is 0 Å². The Morgan fingerprint density at radius 1 is 1.11 bits per heavy atom. The molecule has 0 atom stereocenters. The number of nitrogens with zero attached hydrogens (tertiary/aromatic N) is 1. The van der Waals surface area contributed by atoms with Gasteiger partial charge in [-0.3, -0.25) is 14.2 Å². The topological polar surface area (TPSA) is 84.0 Å². The zero-order chi connectivity index (χ0) is 19.9. The summed E-state index contributed by atoms with van der Waals surface area (Å²) >= 11 is 1.33. The first-order valence-electron chi connectivity index (χ1n) is 9.57. The highest BCUT2D eigenvalue weighted by Crippen LogP contribution is 2.12. The Bertz CT molecular complexity index is 1050. The Kier molecular flexibility index (Phi) is 6.81. The molecule has 7 heteroatoms. The van der Waals surface area contributed by atoms with E-state index in [-0.39, 0.29) is 17.2 Å². The van der Waals surface area contributed by atoms with Crippen molar-refractivity contribution in [2.24, 2.45) is 0 Å². The number of thiophene rings is 1. The molecule has 1 aromatic carbocycles. The number of fused-ring (bicyclic) bond motifs is 1. The van der Waals surface area contributed by atoms with Crippen molar-refractivity contribution in [2.75, 3.05) is 6.54 Å². The predicted molar refractivity (Wildman–Crippen MR) is 113 cm³/mol. The molecule has 2 heterocycles. The number of aromatic nitrogens is 2. The first-order chi connectivity index (χ1) is 13.5. The van der Waals surface area contributed by atoms with Gasteiger partial charge in [0.1, 0.15) is 4.70 Å². The van der Waals surface area contributed by atoms with Crippen LogP contribution in [0.2, 0.25) is 0 Å². The maximum atomic E-state index is 12.3. The van der Waals surface area contributed by atoms with Gasteiger partial charge in [-0.25, -0.2) is 4.79 Å². The number of benzene rings is 1. The van der Waals surface area contributed by atoms with Gasteiger partial charge in [0.25, 0.3) is 5.56 Å². The zero-order valence-electron chi connectivity index (χ0n) is 16.0. The average Bonchev–Trinajstić information content (AvgIpc) is 3.14. The number of rotatable bonds is 9. The highest BCUT2D eigenvalue weighted by molar-refractivity contribution is 7.17. The van der Waals surface area contributed by atoms with Crippen molar-refractivity contribution in [1.82, 2.24) is 14.9 Å². The smallest absolute Gasteiger partial charge is 0.328 e. The molecule has 1 amide bonds. The Morgan fingerprint density at radius 3 is 2.68 bits per heavy atom. The molecule has 0 aliphatic carbocycles. The average molecular weight is 400 g/mol. The Labute approximate surface area is 167 Å². The lowest BCUT2D eigenvalue weighted by Crippen LogP contribution is -2.34. The quantitative estimate of drug-likeness (QED) is 0.543. The minimum Gasteiger partial charge on any atom is -0.356 e. The Hall–Kier alpha value is -2.67. The molecule has 0 aliphatic heterocycles. The van der Waals surface area contributed by atoms with E-state index in [2.05, 4.69) is 41.5 Å². The van der Waals surface area contributed by atoms with Crippen molar-refractivity contribution < 1.29 is 4.79 Å². The SMILES string of the molecule is Cc1ccc(CCNC(=O)CCCCCn2c(=O)[nH]c3ccsc3c2=O)cc1. The van der Waals surface area contributed by atoms with Crippen molar-refractivity contribution in [3.05, 3.63) is 67.7 Å². The molecule has 0 aliphatic rings. The molecule has 148 valence electrons. The number of unbranched alkanes of at least 4 members (excludes halogenated alkanes) is 2. The van der Waals surface area contributed by atoms with Crippen molar-refractivity contribution in [1.29, 1.82) is 0 Å². The van der Waals surface area contributed by atoms with Crippen LogP contribution in [0, 0.1) is 6.92 Å². The molecule has 2 N–H and O–H groups in total. The molecule has 3 rings (SSSR count). The van der Waals surface area contributed by atoms with Crippen LogP contribution >= 0.6 is 11.3 Å². The molecule has 0 saturated carbocycles. The molecule has 0 spiro atoms. The van der Waals surface area contributed by atoms with E-state index in [0.717, 1.165) is 19.3 Å². The maximum Gasteiger partial charge on any atom is 0.328 e. The van der Waals surface area contributed by atoms with Gasteiger partial charge in [0.15, 0.2) is 0 Å². The van der Waals surface area contributed by atoms with E-state index in [1.807, 2.05) is 0 Å². The minimum atomic E-state index is -0.371. The summed E-state index contributed by atoms with van der Waals surface area (Å²) in [6.45, 7) is 3.06. The lowest BCUT2D eigenvalue weighted by Gasteiger charge is -2.07. The van der Waals surface area contributed by atoms with Crippen LogP contribution < -0.4 is 16.6 Å². The molecular weight excluding hydrogens is 374 g/mol. The van der Waals surface area contributed by atoms with Crippen LogP contribution in [0.5, 0.6) is 0 Å². The van der Waals surface area contributed by atoms with Gasteiger partial charge in [0.2, 0.25) is 5.91 Å². The zero-order valence-corrected chi connectivity index (χ0v) is 16.8. The third kappa shape index (κ3) is 5.19. The molecule has 6 nitrogen and oxygen atoms in total. The molecule has 0 radical (unpaired) electrons. The Morgan fingerprint density at radius 2 is 1.89 bits per heavy atom. The van der Waals surface area contributed by atoms with Crippen LogP contribution in [-0.4, -0.2) is 22.0 Å². The largest absolute Gasteiger partial charge is 0.356 e. The second kappa shape index (κ2) is 9.50. The number of hydrogen-bond donors (Lipinski definition) is 2. The lowest BCUT2D eigenvalue weighted by atomic mass is 10.1. The van der Waals surface area contributed by atoms with Gasteiger partial charge >= 0.3 is 5.69 Å². The van der Waals surface area contributed by atoms with Gasteiger partial charge in [0, 0.05) is 19.5 Å². The molecule has 28 heavy (non-hydrogen) atoms. The lowest BCUT2D eigenvalue weighted by molar-refractivity contribution is -0.121. The fraction of sp³-hybridized carbons (Fsp3) is 0.381. The van der Waals surface area contributed by atoms with Gasteiger partial charge in [-0.1, -0.05) is 36.2 Å². The van der Waals surface area contributed by atoms with Crippen molar-refractivity contribution in [3.8, 4) is 0 Å². The molecule has 0 saturated heterocycles. The van der Waals surface area contributed by atoms with Gasteiger partial charge < -0.3 is 10.3 Å². The van der Waals surface area contributed by atoms with Crippen LogP contribution in [0.4, 0.5) is 0 Å². The molecule has 0 unspecified atom stereocenters. The van der Waals surface area contributed by atoms with Crippen LogP contribution in [0.1, 0.15) is 36.8 Å². The van der Waals surface area contributed by atoms with E-state index in [1.54, 1.807) is 11.4 Å². The maximum absolute atomic E-state index is 12.3. The fourth-order valence-electron chi connectivity index (χ4n) is 3.10. The number of hydrogen-bond acceptors (Lipinski definition) is 4. The van der Waals surface area contributed by atoms with Crippen LogP contribution in [0.25, 0.3) is 10.2 Å². The summed E-state index contributed by atoms with van der Waals surface area (Å²) in [7, 11) is 0. The fourth-order valence-corrected chi connectivity index (χ4v) is 3.89. The summed E-state index contributed by atoms with van der Waals surface area (Å²) in [5.41, 5.74) is 2.43. The van der Waals surface area contributed by atoms with Crippen molar-refractivity contribution in [3.63, 3.8) is 0 Å². The van der Waals surface area contributed by atoms with E-state index in [9.17, 15) is 14.4 Å². The monoisotopic (exact) mass is 399 g/mol. The summed E-state index contributed by atoms with van der Waals surface area (Å²) in [4.78, 5) is 39.0. The van der Waals surface area contributed by atoms with E-state index in [0.29, 0.717) is 36.1 Å². The molecule has 0 bridgehead atoms. The second-order valence-electron chi connectivity index (χ2n) is 6.95. The van der Waals surface area contributed by atoms with E-state index >= 15 is 0 Å². The van der Waals surface area contributed by atoms with E-state index < -0.39 is 0 Å². The summed E-state index contributed by atoms with van der Waals surface area (Å²) in [6.07, 6.45) is 3.51. The van der Waals surface area contributed by atoms with E-state index in [4.69, 9.17) is 0 Å². The van der Waals surface area contributed by atoms with Gasteiger partial charge in [0.05, 0.1) is 5.52 Å². The van der Waals surface area contributed by atoms with E-state index in [1.165, 1.54) is 27.0 Å². The van der Waals surface area contributed by atoms with Crippen molar-refractivity contribution >= 4 is 27.5 Å². The first-order valence-corrected chi connectivity index (χ1v) is 10.4. The second-order valence-corrected chi connectivity index (χ2v) is 7.86. The number of aryl methyl sites for hydroxylation is 1. The molecular formula is C21H25N3O3S. The number of carbonyl (C=O) groups is 1. The molecule has 0 fully saturated rings. The van der Waals surface area contributed by atoms with Gasteiger partial charge in [-0.2, -0.15) is 0 Å². The summed E-state index contributed by atoms with van der Waals surface area (Å²) in [6, 6.07) is 10.1. The third-order valence-electron chi connectivity index (χ3n) is 4.73. The number of carbonyl (C=O) groups excluding carboxylic acids is 1.